The van der Waals surface area contributed by atoms with Gasteiger partial charge in [-0.05, 0) is 37.5 Å². The predicted octanol–water partition coefficient (Wildman–Crippen LogP) is 2.98. The maximum Gasteiger partial charge on any atom is 0.347 e. The number of carbonyl (C=O) groups is 1. The van der Waals surface area contributed by atoms with Crippen LogP contribution in [-0.4, -0.2) is 19.2 Å². The van der Waals surface area contributed by atoms with E-state index in [1.165, 1.54) is 7.11 Å². The van der Waals surface area contributed by atoms with E-state index >= 15 is 0 Å². The number of benzene rings is 1. The molecule has 0 aliphatic heterocycles. The fourth-order valence-corrected chi connectivity index (χ4v) is 1.85. The molecular formula is C13H15ClO3. The minimum atomic E-state index is -0.503. The van der Waals surface area contributed by atoms with Gasteiger partial charge in [-0.3, -0.25) is 0 Å². The molecule has 0 saturated heterocycles. The maximum atomic E-state index is 11.6. The van der Waals surface area contributed by atoms with Crippen LogP contribution in [0.5, 0.6) is 5.75 Å². The predicted molar refractivity (Wildman–Crippen MR) is 65.3 cm³/mol. The van der Waals surface area contributed by atoms with Gasteiger partial charge in [0.15, 0.2) is 6.10 Å². The summed E-state index contributed by atoms with van der Waals surface area (Å²) in [4.78, 5) is 11.6. The van der Waals surface area contributed by atoms with E-state index in [4.69, 9.17) is 21.1 Å². The Hall–Kier alpha value is -1.22. The van der Waals surface area contributed by atoms with E-state index in [2.05, 4.69) is 0 Å². The molecule has 1 fully saturated rings. The van der Waals surface area contributed by atoms with E-state index in [0.29, 0.717) is 10.8 Å². The standard InChI is InChI=1S/C13H15ClO3/c1-8-3-6-10(14)7-11(8)17-12(9-4-5-9)13(15)16-2/h3,6-7,9,12H,4-5H2,1-2H3. The summed E-state index contributed by atoms with van der Waals surface area (Å²) in [7, 11) is 1.38. The second-order valence-electron chi connectivity index (χ2n) is 4.31. The minimum absolute atomic E-state index is 0.279. The zero-order chi connectivity index (χ0) is 12.4. The van der Waals surface area contributed by atoms with Crippen LogP contribution in [0.4, 0.5) is 0 Å². The first kappa shape index (κ1) is 12.2. The summed E-state index contributed by atoms with van der Waals surface area (Å²) in [6, 6.07) is 5.40. The molecule has 92 valence electrons. The Labute approximate surface area is 106 Å². The number of ether oxygens (including phenoxy) is 2. The Kier molecular flexibility index (Phi) is 3.57. The summed E-state index contributed by atoms with van der Waals surface area (Å²) in [6.07, 6.45) is 1.52. The summed E-state index contributed by atoms with van der Waals surface area (Å²) in [6.45, 7) is 1.92. The Bertz CT molecular complexity index is 427. The minimum Gasteiger partial charge on any atom is -0.478 e. The van der Waals surface area contributed by atoms with Crippen molar-refractivity contribution in [3.05, 3.63) is 28.8 Å². The molecule has 17 heavy (non-hydrogen) atoms. The van der Waals surface area contributed by atoms with Gasteiger partial charge in [0.05, 0.1) is 7.11 Å². The normalized spacial score (nSPS) is 16.4. The lowest BCUT2D eigenvalue weighted by atomic mass is 10.2. The number of esters is 1. The maximum absolute atomic E-state index is 11.6. The molecule has 1 unspecified atom stereocenters. The van der Waals surface area contributed by atoms with Gasteiger partial charge in [-0.25, -0.2) is 4.79 Å². The van der Waals surface area contributed by atoms with Gasteiger partial charge in [0.2, 0.25) is 0 Å². The Balaban J connectivity index is 2.16. The van der Waals surface area contributed by atoms with Crippen molar-refractivity contribution < 1.29 is 14.3 Å². The SMILES string of the molecule is COC(=O)C(Oc1cc(Cl)ccc1C)C1CC1. The van der Waals surface area contributed by atoms with Crippen LogP contribution in [0.1, 0.15) is 18.4 Å². The molecule has 1 saturated carbocycles. The first-order valence-corrected chi connectivity index (χ1v) is 6.00. The molecule has 1 aliphatic rings. The molecule has 2 rings (SSSR count). The largest absolute Gasteiger partial charge is 0.478 e. The van der Waals surface area contributed by atoms with Gasteiger partial charge >= 0.3 is 5.97 Å². The van der Waals surface area contributed by atoms with Crippen LogP contribution in [0.25, 0.3) is 0 Å². The van der Waals surface area contributed by atoms with Crippen molar-refractivity contribution in [2.45, 2.75) is 25.9 Å². The van der Waals surface area contributed by atoms with Gasteiger partial charge in [0, 0.05) is 10.9 Å². The van der Waals surface area contributed by atoms with E-state index in [1.54, 1.807) is 12.1 Å². The summed E-state index contributed by atoms with van der Waals surface area (Å²) in [5.74, 6) is 0.618. The highest BCUT2D eigenvalue weighted by Crippen LogP contribution is 2.36. The molecule has 0 aromatic heterocycles. The molecule has 0 bridgehead atoms. The highest BCUT2D eigenvalue weighted by molar-refractivity contribution is 6.30. The van der Waals surface area contributed by atoms with Gasteiger partial charge in [0.25, 0.3) is 0 Å². The first-order valence-electron chi connectivity index (χ1n) is 5.62. The third-order valence-electron chi connectivity index (χ3n) is 2.89. The number of carbonyl (C=O) groups excluding carboxylic acids is 1. The van der Waals surface area contributed by atoms with E-state index < -0.39 is 6.10 Å². The molecule has 0 spiro atoms. The molecule has 0 heterocycles. The van der Waals surface area contributed by atoms with Crippen molar-refractivity contribution >= 4 is 17.6 Å². The number of aryl methyl sites for hydroxylation is 1. The van der Waals surface area contributed by atoms with Crippen LogP contribution in [0, 0.1) is 12.8 Å². The molecular weight excluding hydrogens is 240 g/mol. The van der Waals surface area contributed by atoms with Crippen molar-refractivity contribution in [1.82, 2.24) is 0 Å². The molecule has 1 aromatic carbocycles. The smallest absolute Gasteiger partial charge is 0.347 e. The summed E-state index contributed by atoms with van der Waals surface area (Å²) in [5, 5.41) is 0.602. The fourth-order valence-electron chi connectivity index (χ4n) is 1.69. The summed E-state index contributed by atoms with van der Waals surface area (Å²) in [5.41, 5.74) is 0.962. The summed E-state index contributed by atoms with van der Waals surface area (Å²) < 4.78 is 10.5. The molecule has 0 N–H and O–H groups in total. The van der Waals surface area contributed by atoms with E-state index in [9.17, 15) is 4.79 Å². The van der Waals surface area contributed by atoms with Gasteiger partial charge in [-0.1, -0.05) is 17.7 Å². The number of methoxy groups -OCH3 is 1. The lowest BCUT2D eigenvalue weighted by Gasteiger charge is -2.17. The zero-order valence-electron chi connectivity index (χ0n) is 9.90. The van der Waals surface area contributed by atoms with Crippen molar-refractivity contribution in [3.63, 3.8) is 0 Å². The zero-order valence-corrected chi connectivity index (χ0v) is 10.7. The monoisotopic (exact) mass is 254 g/mol. The second-order valence-corrected chi connectivity index (χ2v) is 4.75. The van der Waals surface area contributed by atoms with Crippen molar-refractivity contribution in [1.29, 1.82) is 0 Å². The highest BCUT2D eigenvalue weighted by Gasteiger charge is 2.39. The van der Waals surface area contributed by atoms with Crippen LogP contribution in [0.15, 0.2) is 18.2 Å². The Morgan fingerprint density at radius 1 is 1.47 bits per heavy atom. The van der Waals surface area contributed by atoms with Crippen LogP contribution in [-0.2, 0) is 9.53 Å². The van der Waals surface area contributed by atoms with E-state index in [0.717, 1.165) is 18.4 Å². The average molecular weight is 255 g/mol. The molecule has 1 aliphatic carbocycles. The lowest BCUT2D eigenvalue weighted by Crippen LogP contribution is -2.30. The molecule has 0 radical (unpaired) electrons. The van der Waals surface area contributed by atoms with Crippen LogP contribution < -0.4 is 4.74 Å². The van der Waals surface area contributed by atoms with Crippen molar-refractivity contribution in [3.8, 4) is 5.75 Å². The fraction of sp³-hybridized carbons (Fsp3) is 0.462. The quantitative estimate of drug-likeness (QED) is 0.775. The topological polar surface area (TPSA) is 35.5 Å². The number of hydrogen-bond donors (Lipinski definition) is 0. The molecule has 1 atom stereocenters. The van der Waals surface area contributed by atoms with E-state index in [-0.39, 0.29) is 11.9 Å². The lowest BCUT2D eigenvalue weighted by molar-refractivity contribution is -0.149. The number of rotatable bonds is 4. The van der Waals surface area contributed by atoms with Crippen LogP contribution in [0.2, 0.25) is 5.02 Å². The van der Waals surface area contributed by atoms with Gasteiger partial charge < -0.3 is 9.47 Å². The van der Waals surface area contributed by atoms with Gasteiger partial charge in [0.1, 0.15) is 5.75 Å². The highest BCUT2D eigenvalue weighted by atomic mass is 35.5. The molecule has 3 nitrogen and oxygen atoms in total. The van der Waals surface area contributed by atoms with Gasteiger partial charge in [-0.15, -0.1) is 0 Å². The molecule has 1 aromatic rings. The van der Waals surface area contributed by atoms with E-state index in [1.807, 2.05) is 13.0 Å². The number of halogens is 1. The Morgan fingerprint density at radius 2 is 2.18 bits per heavy atom. The molecule has 0 amide bonds. The van der Waals surface area contributed by atoms with Gasteiger partial charge in [-0.2, -0.15) is 0 Å². The average Bonchev–Trinajstić information content (AvgIpc) is 3.13. The first-order chi connectivity index (χ1) is 8.11. The van der Waals surface area contributed by atoms with Crippen molar-refractivity contribution in [2.75, 3.05) is 7.11 Å². The third-order valence-corrected chi connectivity index (χ3v) is 3.12. The third kappa shape index (κ3) is 2.91. The van der Waals surface area contributed by atoms with Crippen LogP contribution >= 0.6 is 11.6 Å². The van der Waals surface area contributed by atoms with Crippen molar-refractivity contribution in [2.24, 2.45) is 5.92 Å². The summed E-state index contributed by atoms with van der Waals surface area (Å²) >= 11 is 5.91. The van der Waals surface area contributed by atoms with Crippen LogP contribution in [0.3, 0.4) is 0 Å². The Morgan fingerprint density at radius 3 is 2.76 bits per heavy atom. The molecule has 4 heteroatoms. The number of hydrogen-bond acceptors (Lipinski definition) is 3. The second kappa shape index (κ2) is 4.96.